The van der Waals surface area contributed by atoms with Gasteiger partial charge in [-0.05, 0) is 57.0 Å². The Balaban J connectivity index is 2.12. The molecule has 0 spiro atoms. The zero-order valence-corrected chi connectivity index (χ0v) is 11.0. The van der Waals surface area contributed by atoms with Gasteiger partial charge in [0.25, 0.3) is 0 Å². The van der Waals surface area contributed by atoms with Gasteiger partial charge in [0.15, 0.2) is 0 Å². The Kier molecular flexibility index (Phi) is 4.34. The lowest BCUT2D eigenvalue weighted by atomic mass is 10.1. The number of benzene rings is 1. The maximum atomic E-state index is 12.8. The Hall–Kier alpha value is -1.23. The summed E-state index contributed by atoms with van der Waals surface area (Å²) in [6.45, 7) is 3.39. The van der Waals surface area contributed by atoms with E-state index in [0.29, 0.717) is 5.69 Å². The fourth-order valence-corrected chi connectivity index (χ4v) is 2.42. The van der Waals surface area contributed by atoms with Crippen LogP contribution >= 0.6 is 0 Å². The first-order valence-electron chi connectivity index (χ1n) is 6.62. The van der Waals surface area contributed by atoms with Crippen LogP contribution in [0.3, 0.4) is 0 Å². The normalized spacial score (nSPS) is 20.9. The first kappa shape index (κ1) is 14.2. The van der Waals surface area contributed by atoms with E-state index in [-0.39, 0.29) is 11.6 Å². The highest BCUT2D eigenvalue weighted by molar-refractivity contribution is 5.50. The smallest absolute Gasteiger partial charge is 0.382 e. The predicted molar refractivity (Wildman–Crippen MR) is 70.3 cm³/mol. The van der Waals surface area contributed by atoms with Crippen molar-refractivity contribution in [1.29, 1.82) is 0 Å². The van der Waals surface area contributed by atoms with E-state index < -0.39 is 11.7 Å². The number of aryl methyl sites for hydroxylation is 1. The monoisotopic (exact) mass is 272 g/mol. The summed E-state index contributed by atoms with van der Waals surface area (Å²) in [4.78, 5) is 0. The van der Waals surface area contributed by atoms with Crippen LogP contribution in [-0.2, 0) is 6.18 Å². The Labute approximate surface area is 111 Å². The van der Waals surface area contributed by atoms with E-state index in [0.717, 1.165) is 32.4 Å². The van der Waals surface area contributed by atoms with Gasteiger partial charge in [-0.25, -0.2) is 0 Å². The Morgan fingerprint density at radius 1 is 1.21 bits per heavy atom. The van der Waals surface area contributed by atoms with Gasteiger partial charge in [0.2, 0.25) is 0 Å². The molecule has 0 bridgehead atoms. The second kappa shape index (κ2) is 5.82. The molecule has 1 saturated heterocycles. The van der Waals surface area contributed by atoms with Crippen LogP contribution in [0.1, 0.15) is 30.4 Å². The van der Waals surface area contributed by atoms with Crippen molar-refractivity contribution in [3.05, 3.63) is 29.3 Å². The number of hydrogen-bond acceptors (Lipinski definition) is 2. The third kappa shape index (κ3) is 3.86. The lowest BCUT2D eigenvalue weighted by molar-refractivity contribution is -0.138. The van der Waals surface area contributed by atoms with Gasteiger partial charge in [-0.3, -0.25) is 0 Å². The van der Waals surface area contributed by atoms with Crippen molar-refractivity contribution in [2.24, 2.45) is 0 Å². The van der Waals surface area contributed by atoms with Crippen LogP contribution < -0.4 is 10.6 Å². The largest absolute Gasteiger partial charge is 0.416 e. The van der Waals surface area contributed by atoms with Gasteiger partial charge in [0, 0.05) is 11.7 Å². The standard InChI is InChI=1S/C14H19F3N2/c1-10-4-5-12(9-13(10)14(15,16)17)19-11-3-2-7-18-8-6-11/h4-5,9,11,18-19H,2-3,6-8H2,1H3. The molecular weight excluding hydrogens is 253 g/mol. The van der Waals surface area contributed by atoms with Crippen molar-refractivity contribution in [3.8, 4) is 0 Å². The van der Waals surface area contributed by atoms with E-state index in [9.17, 15) is 13.2 Å². The molecule has 5 heteroatoms. The average Bonchev–Trinajstić information content (AvgIpc) is 2.59. The highest BCUT2D eigenvalue weighted by atomic mass is 19.4. The summed E-state index contributed by atoms with van der Waals surface area (Å²) in [5.74, 6) is 0. The number of halogens is 3. The average molecular weight is 272 g/mol. The van der Waals surface area contributed by atoms with Crippen LogP contribution in [0.25, 0.3) is 0 Å². The van der Waals surface area contributed by atoms with Gasteiger partial charge < -0.3 is 10.6 Å². The summed E-state index contributed by atoms with van der Waals surface area (Å²) in [6.07, 6.45) is -1.31. The quantitative estimate of drug-likeness (QED) is 0.860. The van der Waals surface area contributed by atoms with E-state index in [1.807, 2.05) is 0 Å². The molecule has 1 atom stereocenters. The van der Waals surface area contributed by atoms with Crippen molar-refractivity contribution in [2.75, 3.05) is 18.4 Å². The number of rotatable bonds is 2. The predicted octanol–water partition coefficient (Wildman–Crippen LogP) is 3.57. The molecule has 2 rings (SSSR count). The number of nitrogens with one attached hydrogen (secondary N) is 2. The van der Waals surface area contributed by atoms with Crippen LogP contribution in [-0.4, -0.2) is 19.1 Å². The molecule has 1 heterocycles. The van der Waals surface area contributed by atoms with Crippen molar-refractivity contribution in [2.45, 2.75) is 38.4 Å². The van der Waals surface area contributed by atoms with Crippen LogP contribution in [0, 0.1) is 6.92 Å². The van der Waals surface area contributed by atoms with Crippen LogP contribution in [0.15, 0.2) is 18.2 Å². The van der Waals surface area contributed by atoms with Crippen molar-refractivity contribution >= 4 is 5.69 Å². The summed E-state index contributed by atoms with van der Waals surface area (Å²) >= 11 is 0. The Bertz CT molecular complexity index is 421. The van der Waals surface area contributed by atoms with Gasteiger partial charge >= 0.3 is 6.18 Å². The summed E-state index contributed by atoms with van der Waals surface area (Å²) < 4.78 is 38.5. The molecule has 1 unspecified atom stereocenters. The van der Waals surface area contributed by atoms with E-state index in [1.54, 1.807) is 6.07 Å². The fourth-order valence-electron chi connectivity index (χ4n) is 2.42. The van der Waals surface area contributed by atoms with Gasteiger partial charge in [0.1, 0.15) is 0 Å². The molecule has 2 N–H and O–H groups in total. The maximum absolute atomic E-state index is 12.8. The highest BCUT2D eigenvalue weighted by Gasteiger charge is 2.32. The second-order valence-electron chi connectivity index (χ2n) is 5.05. The summed E-state index contributed by atoms with van der Waals surface area (Å²) in [5, 5.41) is 6.51. The van der Waals surface area contributed by atoms with Crippen molar-refractivity contribution < 1.29 is 13.2 Å². The van der Waals surface area contributed by atoms with Gasteiger partial charge in [-0.2, -0.15) is 13.2 Å². The number of alkyl halides is 3. The Morgan fingerprint density at radius 2 is 2.00 bits per heavy atom. The first-order valence-corrected chi connectivity index (χ1v) is 6.62. The molecule has 106 valence electrons. The Morgan fingerprint density at radius 3 is 2.74 bits per heavy atom. The molecule has 0 aliphatic carbocycles. The van der Waals surface area contributed by atoms with Crippen molar-refractivity contribution in [3.63, 3.8) is 0 Å². The second-order valence-corrected chi connectivity index (χ2v) is 5.05. The molecule has 19 heavy (non-hydrogen) atoms. The number of anilines is 1. The molecule has 2 nitrogen and oxygen atoms in total. The molecule has 1 aromatic rings. The first-order chi connectivity index (χ1) is 8.97. The minimum Gasteiger partial charge on any atom is -0.382 e. The lowest BCUT2D eigenvalue weighted by Gasteiger charge is -2.19. The zero-order valence-electron chi connectivity index (χ0n) is 11.0. The van der Waals surface area contributed by atoms with E-state index in [4.69, 9.17) is 0 Å². The van der Waals surface area contributed by atoms with Gasteiger partial charge in [0.05, 0.1) is 5.56 Å². The molecule has 0 amide bonds. The molecule has 0 radical (unpaired) electrons. The number of hydrogen-bond donors (Lipinski definition) is 2. The van der Waals surface area contributed by atoms with E-state index in [1.165, 1.54) is 19.1 Å². The maximum Gasteiger partial charge on any atom is 0.416 e. The van der Waals surface area contributed by atoms with Gasteiger partial charge in [-0.1, -0.05) is 6.07 Å². The van der Waals surface area contributed by atoms with Crippen LogP contribution in [0.5, 0.6) is 0 Å². The van der Waals surface area contributed by atoms with E-state index >= 15 is 0 Å². The molecular formula is C14H19F3N2. The summed E-state index contributed by atoms with van der Waals surface area (Å²) in [7, 11) is 0. The molecule has 0 saturated carbocycles. The van der Waals surface area contributed by atoms with E-state index in [2.05, 4.69) is 10.6 Å². The van der Waals surface area contributed by atoms with Crippen molar-refractivity contribution in [1.82, 2.24) is 5.32 Å². The zero-order chi connectivity index (χ0) is 13.9. The van der Waals surface area contributed by atoms with Crippen LogP contribution in [0.2, 0.25) is 0 Å². The summed E-state index contributed by atoms with van der Waals surface area (Å²) in [6, 6.07) is 4.72. The third-order valence-electron chi connectivity index (χ3n) is 3.49. The molecule has 1 aliphatic heterocycles. The minimum atomic E-state index is -4.28. The molecule has 0 aromatic heterocycles. The minimum absolute atomic E-state index is 0.249. The highest BCUT2D eigenvalue weighted by Crippen LogP contribution is 2.33. The molecule has 1 aliphatic rings. The molecule has 1 aromatic carbocycles. The lowest BCUT2D eigenvalue weighted by Crippen LogP contribution is -2.21. The topological polar surface area (TPSA) is 24.1 Å². The summed E-state index contributed by atoms with van der Waals surface area (Å²) in [5.41, 5.74) is 0.273. The SMILES string of the molecule is Cc1ccc(NC2CCCNCC2)cc1C(F)(F)F. The van der Waals surface area contributed by atoms with Gasteiger partial charge in [-0.15, -0.1) is 0 Å². The third-order valence-corrected chi connectivity index (χ3v) is 3.49. The fraction of sp³-hybridized carbons (Fsp3) is 0.571. The van der Waals surface area contributed by atoms with Crippen LogP contribution in [0.4, 0.5) is 18.9 Å². The molecule has 1 fully saturated rings.